The van der Waals surface area contributed by atoms with E-state index in [1.165, 1.54) is 0 Å². The average molecular weight is 225 g/mol. The summed E-state index contributed by atoms with van der Waals surface area (Å²) in [6.07, 6.45) is 5.00. The molecule has 0 radical (unpaired) electrons. The largest absolute Gasteiger partial charge is 0.508 e. The normalized spacial score (nSPS) is 13.8. The van der Waals surface area contributed by atoms with E-state index in [0.717, 1.165) is 24.0 Å². The van der Waals surface area contributed by atoms with Crippen LogP contribution in [0.25, 0.3) is 0 Å². The number of ketones is 1. The van der Waals surface area contributed by atoms with E-state index in [1.54, 1.807) is 30.6 Å². The molecule has 1 N–H and O–H groups in total. The maximum Gasteiger partial charge on any atom is 0.193 e. The third-order valence-corrected chi connectivity index (χ3v) is 3.15. The van der Waals surface area contributed by atoms with Crippen molar-refractivity contribution >= 4 is 5.78 Å². The van der Waals surface area contributed by atoms with Crippen LogP contribution in [0.15, 0.2) is 36.7 Å². The summed E-state index contributed by atoms with van der Waals surface area (Å²) in [5.41, 5.74) is 3.27. The van der Waals surface area contributed by atoms with Gasteiger partial charge in [-0.3, -0.25) is 9.78 Å². The van der Waals surface area contributed by atoms with Gasteiger partial charge >= 0.3 is 0 Å². The Bertz CT molecular complexity index is 605. The Labute approximate surface area is 98.8 Å². The van der Waals surface area contributed by atoms with Gasteiger partial charge in [0.25, 0.3) is 0 Å². The van der Waals surface area contributed by atoms with E-state index in [4.69, 9.17) is 0 Å². The molecule has 1 aromatic heterocycles. The maximum atomic E-state index is 12.3. The van der Waals surface area contributed by atoms with Gasteiger partial charge in [-0.1, -0.05) is 6.07 Å². The smallest absolute Gasteiger partial charge is 0.193 e. The molecular weight excluding hydrogens is 214 g/mol. The third kappa shape index (κ3) is 1.60. The van der Waals surface area contributed by atoms with Gasteiger partial charge in [0.2, 0.25) is 0 Å². The van der Waals surface area contributed by atoms with E-state index >= 15 is 0 Å². The average Bonchev–Trinajstić information content (AvgIpc) is 2.49. The number of phenols is 1. The molecule has 17 heavy (non-hydrogen) atoms. The van der Waals surface area contributed by atoms with E-state index in [1.807, 2.05) is 6.07 Å². The molecule has 1 aromatic carbocycles. The Morgan fingerprint density at radius 2 is 1.88 bits per heavy atom. The highest BCUT2D eigenvalue weighted by atomic mass is 16.3. The number of aromatic nitrogens is 1. The van der Waals surface area contributed by atoms with Crippen LogP contribution in [-0.4, -0.2) is 15.9 Å². The second kappa shape index (κ2) is 3.70. The molecule has 0 saturated carbocycles. The summed E-state index contributed by atoms with van der Waals surface area (Å²) in [6, 6.07) is 6.74. The van der Waals surface area contributed by atoms with E-state index in [9.17, 15) is 9.90 Å². The minimum Gasteiger partial charge on any atom is -0.508 e. The number of carbonyl (C=O) groups excluding carboxylic acids is 1. The second-order valence-corrected chi connectivity index (χ2v) is 4.20. The number of phenolic OH excluding ortho intramolecular Hbond substituents is 1. The van der Waals surface area contributed by atoms with Crippen LogP contribution in [-0.2, 0) is 12.8 Å². The van der Waals surface area contributed by atoms with Gasteiger partial charge in [-0.2, -0.15) is 0 Å². The third-order valence-electron chi connectivity index (χ3n) is 3.15. The summed E-state index contributed by atoms with van der Waals surface area (Å²) in [5.74, 6) is 0.111. The molecular formula is C14H11NO2. The number of fused-ring (bicyclic) bond motifs is 2. The molecule has 3 heteroatoms. The van der Waals surface area contributed by atoms with Gasteiger partial charge in [0.1, 0.15) is 5.75 Å². The number of benzene rings is 1. The molecule has 0 spiro atoms. The summed E-state index contributed by atoms with van der Waals surface area (Å²) in [6.45, 7) is 0. The highest BCUT2D eigenvalue weighted by Crippen LogP contribution is 2.26. The molecule has 1 heterocycles. The Hall–Kier alpha value is -2.16. The lowest BCUT2D eigenvalue weighted by Gasteiger charge is -2.05. The van der Waals surface area contributed by atoms with E-state index < -0.39 is 0 Å². The summed E-state index contributed by atoms with van der Waals surface area (Å²) in [7, 11) is 0. The molecule has 0 aliphatic heterocycles. The van der Waals surface area contributed by atoms with E-state index in [-0.39, 0.29) is 11.5 Å². The van der Waals surface area contributed by atoms with Crippen LogP contribution < -0.4 is 0 Å². The van der Waals surface area contributed by atoms with E-state index in [2.05, 4.69) is 4.98 Å². The monoisotopic (exact) mass is 225 g/mol. The number of aromatic hydroxyl groups is 1. The first-order chi connectivity index (χ1) is 8.25. The molecule has 2 aromatic rings. The van der Waals surface area contributed by atoms with Gasteiger partial charge in [-0.25, -0.2) is 0 Å². The molecule has 0 saturated heterocycles. The quantitative estimate of drug-likeness (QED) is 0.747. The molecule has 1 aliphatic rings. The summed E-state index contributed by atoms with van der Waals surface area (Å²) >= 11 is 0. The van der Waals surface area contributed by atoms with Gasteiger partial charge in [-0.05, 0) is 42.2 Å². The SMILES string of the molecule is O=C1c2ccncc2CCc2ccc(O)cc21. The lowest BCUT2D eigenvalue weighted by Crippen LogP contribution is -2.04. The number of nitrogens with zero attached hydrogens (tertiary/aromatic N) is 1. The minimum absolute atomic E-state index is 0.0224. The first kappa shape index (κ1) is 10.0. The van der Waals surface area contributed by atoms with Crippen LogP contribution in [0, 0.1) is 0 Å². The highest BCUT2D eigenvalue weighted by Gasteiger charge is 2.21. The van der Waals surface area contributed by atoms with Crippen LogP contribution in [0.2, 0.25) is 0 Å². The van der Waals surface area contributed by atoms with Crippen molar-refractivity contribution in [2.45, 2.75) is 12.8 Å². The lowest BCUT2D eigenvalue weighted by molar-refractivity contribution is 0.103. The van der Waals surface area contributed by atoms with Gasteiger partial charge in [0.15, 0.2) is 5.78 Å². The van der Waals surface area contributed by atoms with Crippen LogP contribution >= 0.6 is 0 Å². The topological polar surface area (TPSA) is 50.2 Å². The first-order valence-corrected chi connectivity index (χ1v) is 5.55. The minimum atomic E-state index is -0.0224. The molecule has 1 aliphatic carbocycles. The number of hydrogen-bond donors (Lipinski definition) is 1. The summed E-state index contributed by atoms with van der Waals surface area (Å²) < 4.78 is 0. The molecule has 84 valence electrons. The number of aryl methyl sites for hydroxylation is 2. The maximum absolute atomic E-state index is 12.3. The van der Waals surface area contributed by atoms with Crippen LogP contribution in [0.5, 0.6) is 5.75 Å². The highest BCUT2D eigenvalue weighted by molar-refractivity contribution is 6.11. The fraction of sp³-hybridized carbons (Fsp3) is 0.143. The van der Waals surface area contributed by atoms with Crippen molar-refractivity contribution in [1.29, 1.82) is 0 Å². The van der Waals surface area contributed by atoms with Crippen LogP contribution in [0.4, 0.5) is 0 Å². The zero-order chi connectivity index (χ0) is 11.8. The van der Waals surface area contributed by atoms with Gasteiger partial charge < -0.3 is 5.11 Å². The predicted octanol–water partition coefficient (Wildman–Crippen LogP) is 2.12. The van der Waals surface area contributed by atoms with Gasteiger partial charge in [0.05, 0.1) is 0 Å². The van der Waals surface area contributed by atoms with Crippen molar-refractivity contribution in [1.82, 2.24) is 4.98 Å². The van der Waals surface area contributed by atoms with Crippen molar-refractivity contribution in [2.24, 2.45) is 0 Å². The molecule has 0 amide bonds. The zero-order valence-corrected chi connectivity index (χ0v) is 9.18. The first-order valence-electron chi connectivity index (χ1n) is 5.55. The fourth-order valence-corrected chi connectivity index (χ4v) is 2.26. The summed E-state index contributed by atoms with van der Waals surface area (Å²) in [4.78, 5) is 16.4. The molecule has 0 unspecified atom stereocenters. The Kier molecular flexibility index (Phi) is 2.18. The van der Waals surface area contributed by atoms with Crippen molar-refractivity contribution in [3.63, 3.8) is 0 Å². The van der Waals surface area contributed by atoms with Crippen LogP contribution in [0.3, 0.4) is 0 Å². The van der Waals surface area contributed by atoms with Crippen molar-refractivity contribution < 1.29 is 9.90 Å². The Morgan fingerprint density at radius 3 is 2.76 bits per heavy atom. The number of pyridine rings is 1. The predicted molar refractivity (Wildman–Crippen MR) is 63.2 cm³/mol. The van der Waals surface area contributed by atoms with Gasteiger partial charge in [-0.15, -0.1) is 0 Å². The Balaban J connectivity index is 2.22. The second-order valence-electron chi connectivity index (χ2n) is 4.20. The standard InChI is InChI=1S/C14H11NO2/c16-11-4-3-9-1-2-10-8-15-6-5-12(10)14(17)13(9)7-11/h3-8,16H,1-2H2. The van der Waals surface area contributed by atoms with Crippen LogP contribution in [0.1, 0.15) is 27.0 Å². The van der Waals surface area contributed by atoms with Gasteiger partial charge in [0, 0.05) is 23.5 Å². The molecule has 3 rings (SSSR count). The zero-order valence-electron chi connectivity index (χ0n) is 9.18. The Morgan fingerprint density at radius 1 is 1.06 bits per heavy atom. The number of carbonyl (C=O) groups is 1. The van der Waals surface area contributed by atoms with Crippen molar-refractivity contribution in [2.75, 3.05) is 0 Å². The lowest BCUT2D eigenvalue weighted by atomic mass is 10.00. The number of rotatable bonds is 0. The van der Waals surface area contributed by atoms with Crippen molar-refractivity contribution in [3.8, 4) is 5.75 Å². The number of hydrogen-bond acceptors (Lipinski definition) is 3. The molecule has 3 nitrogen and oxygen atoms in total. The molecule has 0 fully saturated rings. The van der Waals surface area contributed by atoms with Crippen molar-refractivity contribution in [3.05, 3.63) is 58.9 Å². The molecule has 0 bridgehead atoms. The molecule has 0 atom stereocenters. The van der Waals surface area contributed by atoms with E-state index in [0.29, 0.717) is 11.1 Å². The fourth-order valence-electron chi connectivity index (χ4n) is 2.26. The summed E-state index contributed by atoms with van der Waals surface area (Å²) in [5, 5.41) is 9.48.